The second-order valence-electron chi connectivity index (χ2n) is 4.12. The average molecular weight is 276 g/mol. The lowest BCUT2D eigenvalue weighted by molar-refractivity contribution is 0.230. The summed E-state index contributed by atoms with van der Waals surface area (Å²) in [6, 6.07) is 5.45. The molecule has 0 aromatic heterocycles. The molecule has 6 heteroatoms. The van der Waals surface area contributed by atoms with E-state index in [1.807, 2.05) is 6.07 Å². The van der Waals surface area contributed by atoms with Crippen molar-refractivity contribution in [3.63, 3.8) is 0 Å². The molecule has 2 rings (SSSR count). The van der Waals surface area contributed by atoms with Crippen molar-refractivity contribution in [1.29, 1.82) is 0 Å². The van der Waals surface area contributed by atoms with Crippen molar-refractivity contribution in [1.82, 2.24) is 0 Å². The first kappa shape index (κ1) is 12.7. The Balaban J connectivity index is 2.02. The third-order valence-corrected chi connectivity index (χ3v) is 4.66. The molecule has 1 aromatic carbocycles. The Kier molecular flexibility index (Phi) is 3.61. The molecule has 0 bridgehead atoms. The van der Waals surface area contributed by atoms with Gasteiger partial charge in [-0.2, -0.15) is 0 Å². The van der Waals surface area contributed by atoms with Crippen LogP contribution >= 0.6 is 11.6 Å². The molecule has 0 saturated carbocycles. The molecule has 1 aliphatic rings. The van der Waals surface area contributed by atoms with Gasteiger partial charge >= 0.3 is 0 Å². The van der Waals surface area contributed by atoms with Crippen molar-refractivity contribution >= 4 is 21.4 Å². The smallest absolute Gasteiger partial charge is 0.157 e. The molecule has 17 heavy (non-hydrogen) atoms. The molecule has 1 aliphatic heterocycles. The fraction of sp³-hybridized carbons (Fsp3) is 0.455. The van der Waals surface area contributed by atoms with E-state index < -0.39 is 9.84 Å². The van der Waals surface area contributed by atoms with E-state index in [2.05, 4.69) is 0 Å². The lowest BCUT2D eigenvalue weighted by Crippen LogP contribution is -2.45. The highest BCUT2D eigenvalue weighted by Crippen LogP contribution is 2.28. The van der Waals surface area contributed by atoms with Gasteiger partial charge in [0.25, 0.3) is 0 Å². The molecular formula is C11H14ClNO3S. The van der Waals surface area contributed by atoms with Crippen LogP contribution in [0.2, 0.25) is 5.02 Å². The summed E-state index contributed by atoms with van der Waals surface area (Å²) in [4.78, 5) is 0. The van der Waals surface area contributed by atoms with Gasteiger partial charge in [-0.25, -0.2) is 8.42 Å². The Bertz CT molecular complexity index is 503. The first-order chi connectivity index (χ1) is 8.00. The van der Waals surface area contributed by atoms with Crippen LogP contribution in [0.4, 0.5) is 0 Å². The monoisotopic (exact) mass is 275 g/mol. The van der Waals surface area contributed by atoms with E-state index in [0.717, 1.165) is 12.0 Å². The summed E-state index contributed by atoms with van der Waals surface area (Å²) in [5, 5.41) is 0.500. The lowest BCUT2D eigenvalue weighted by atomic mass is 10.1. The van der Waals surface area contributed by atoms with E-state index in [1.54, 1.807) is 12.1 Å². The van der Waals surface area contributed by atoms with Crippen LogP contribution < -0.4 is 10.5 Å². The van der Waals surface area contributed by atoms with Crippen LogP contribution in [0.5, 0.6) is 5.75 Å². The molecule has 1 saturated heterocycles. The van der Waals surface area contributed by atoms with Crippen molar-refractivity contribution in [3.8, 4) is 5.75 Å². The Morgan fingerprint density at radius 1 is 1.41 bits per heavy atom. The third kappa shape index (κ3) is 3.12. The molecule has 1 aromatic rings. The van der Waals surface area contributed by atoms with Gasteiger partial charge in [0.1, 0.15) is 11.9 Å². The molecule has 1 heterocycles. The number of rotatable bonds is 4. The lowest BCUT2D eigenvalue weighted by Gasteiger charge is -2.27. The van der Waals surface area contributed by atoms with Gasteiger partial charge in [0.2, 0.25) is 0 Å². The minimum Gasteiger partial charge on any atom is -0.487 e. The number of ether oxygens (including phenoxy) is 1. The van der Waals surface area contributed by atoms with Gasteiger partial charge < -0.3 is 10.5 Å². The molecule has 0 unspecified atom stereocenters. The van der Waals surface area contributed by atoms with E-state index >= 15 is 0 Å². The molecule has 2 N–H and O–H groups in total. The van der Waals surface area contributed by atoms with Crippen LogP contribution in [0.3, 0.4) is 0 Å². The Morgan fingerprint density at radius 3 is 2.65 bits per heavy atom. The summed E-state index contributed by atoms with van der Waals surface area (Å²) in [6.07, 6.45) is 0.496. The van der Waals surface area contributed by atoms with E-state index in [0.29, 0.717) is 17.3 Å². The topological polar surface area (TPSA) is 69.4 Å². The molecular weight excluding hydrogens is 262 g/mol. The quantitative estimate of drug-likeness (QED) is 0.891. The van der Waals surface area contributed by atoms with Crippen LogP contribution in [0, 0.1) is 0 Å². The maximum absolute atomic E-state index is 11.0. The van der Waals surface area contributed by atoms with Crippen molar-refractivity contribution in [3.05, 3.63) is 28.8 Å². The average Bonchev–Trinajstić information content (AvgIpc) is 2.19. The normalized spacial score (nSPS) is 18.7. The van der Waals surface area contributed by atoms with E-state index in [4.69, 9.17) is 22.1 Å². The summed E-state index contributed by atoms with van der Waals surface area (Å²) >= 11 is 6.05. The maximum Gasteiger partial charge on any atom is 0.157 e. The van der Waals surface area contributed by atoms with Gasteiger partial charge in [-0.15, -0.1) is 0 Å². The van der Waals surface area contributed by atoms with Crippen molar-refractivity contribution in [2.75, 3.05) is 18.1 Å². The summed E-state index contributed by atoms with van der Waals surface area (Å²) in [7, 11) is -2.86. The highest BCUT2D eigenvalue weighted by atomic mass is 35.5. The molecule has 0 aliphatic carbocycles. The molecule has 94 valence electrons. The predicted molar refractivity (Wildman–Crippen MR) is 67.3 cm³/mol. The first-order valence-electron chi connectivity index (χ1n) is 5.36. The van der Waals surface area contributed by atoms with Crippen LogP contribution in [0.15, 0.2) is 18.2 Å². The van der Waals surface area contributed by atoms with Crippen LogP contribution in [-0.2, 0) is 16.3 Å². The van der Waals surface area contributed by atoms with E-state index in [-0.39, 0.29) is 17.6 Å². The first-order valence-corrected chi connectivity index (χ1v) is 7.56. The zero-order valence-electron chi connectivity index (χ0n) is 9.23. The summed E-state index contributed by atoms with van der Waals surface area (Å²) in [5.74, 6) is 0.689. The van der Waals surface area contributed by atoms with Crippen molar-refractivity contribution in [2.45, 2.75) is 12.5 Å². The maximum atomic E-state index is 11.0. The van der Waals surface area contributed by atoms with Crippen molar-refractivity contribution in [2.24, 2.45) is 5.73 Å². The zero-order valence-corrected chi connectivity index (χ0v) is 10.8. The van der Waals surface area contributed by atoms with Gasteiger partial charge in [0.05, 0.1) is 16.5 Å². The summed E-state index contributed by atoms with van der Waals surface area (Å²) in [6.45, 7) is 0.567. The van der Waals surface area contributed by atoms with Gasteiger partial charge in [0, 0.05) is 0 Å². The fourth-order valence-corrected chi connectivity index (χ4v) is 3.15. The second-order valence-corrected chi connectivity index (χ2v) is 6.68. The van der Waals surface area contributed by atoms with Gasteiger partial charge in [-0.3, -0.25) is 0 Å². The number of hydrogen-bond donors (Lipinski definition) is 1. The molecule has 0 amide bonds. The van der Waals surface area contributed by atoms with Crippen LogP contribution in [0.1, 0.15) is 5.56 Å². The highest BCUT2D eigenvalue weighted by molar-refractivity contribution is 7.92. The predicted octanol–water partition coefficient (Wildman–Crippen LogP) is 1.02. The second kappa shape index (κ2) is 4.84. The molecule has 0 radical (unpaired) electrons. The minimum atomic E-state index is -2.86. The van der Waals surface area contributed by atoms with Gasteiger partial charge in [0.15, 0.2) is 9.84 Å². The van der Waals surface area contributed by atoms with Crippen molar-refractivity contribution < 1.29 is 13.2 Å². The Hall–Kier alpha value is -0.780. The number of halogens is 1. The summed E-state index contributed by atoms with van der Waals surface area (Å²) < 4.78 is 27.5. The van der Waals surface area contributed by atoms with Gasteiger partial charge in [-0.05, 0) is 30.7 Å². The fourth-order valence-electron chi connectivity index (χ4n) is 1.73. The molecule has 4 nitrogen and oxygen atoms in total. The number of hydrogen-bond acceptors (Lipinski definition) is 4. The number of benzene rings is 1. The minimum absolute atomic E-state index is 0.0773. The number of nitrogens with two attached hydrogens (primary N) is 1. The SMILES string of the molecule is NCCc1ccc(OC2CS(=O)(=O)C2)c(Cl)c1. The molecule has 0 atom stereocenters. The van der Waals surface area contributed by atoms with Crippen LogP contribution in [-0.4, -0.2) is 32.6 Å². The van der Waals surface area contributed by atoms with E-state index in [9.17, 15) is 8.42 Å². The Morgan fingerprint density at radius 2 is 2.12 bits per heavy atom. The third-order valence-electron chi connectivity index (χ3n) is 2.60. The van der Waals surface area contributed by atoms with Gasteiger partial charge in [-0.1, -0.05) is 17.7 Å². The number of sulfone groups is 1. The molecule has 1 fully saturated rings. The standard InChI is InChI=1S/C11H14ClNO3S/c12-10-5-8(3-4-13)1-2-11(10)16-9-6-17(14,15)7-9/h1-2,5,9H,3-4,6-7,13H2. The largest absolute Gasteiger partial charge is 0.487 e. The van der Waals surface area contributed by atoms with E-state index in [1.165, 1.54) is 0 Å². The highest BCUT2D eigenvalue weighted by Gasteiger charge is 2.35. The Labute approximate surface area is 106 Å². The van der Waals surface area contributed by atoms with Crippen LogP contribution in [0.25, 0.3) is 0 Å². The summed E-state index contributed by atoms with van der Waals surface area (Å²) in [5.41, 5.74) is 6.50. The zero-order chi connectivity index (χ0) is 12.5. The molecule has 0 spiro atoms.